The number of aromatic nitrogens is 1. The van der Waals surface area contributed by atoms with E-state index < -0.39 is 24.0 Å². The van der Waals surface area contributed by atoms with Crippen molar-refractivity contribution in [2.75, 3.05) is 6.61 Å². The average Bonchev–Trinajstić information content (AvgIpc) is 2.52. The third-order valence-corrected chi connectivity index (χ3v) is 3.37. The quantitative estimate of drug-likeness (QED) is 0.754. The number of carbonyl (C=O) groups excluding carboxylic acids is 1. The summed E-state index contributed by atoms with van der Waals surface area (Å²) in [6, 6.07) is 9.77. The second kappa shape index (κ2) is 5.61. The van der Waals surface area contributed by atoms with Gasteiger partial charge in [0.1, 0.15) is 18.2 Å². The lowest BCUT2D eigenvalue weighted by Crippen LogP contribution is -2.07. The van der Waals surface area contributed by atoms with Crippen molar-refractivity contribution >= 4 is 16.7 Å². The highest BCUT2D eigenvalue weighted by Crippen LogP contribution is 2.32. The summed E-state index contributed by atoms with van der Waals surface area (Å²) in [5.41, 5.74) is 1.15. The van der Waals surface area contributed by atoms with E-state index in [1.165, 1.54) is 12.3 Å². The van der Waals surface area contributed by atoms with Crippen molar-refractivity contribution in [3.63, 3.8) is 0 Å². The number of pyridine rings is 1. The summed E-state index contributed by atoms with van der Waals surface area (Å²) in [5.74, 6) is -2.03. The SMILES string of the molecule is O=C(CO)c1ccc2cccnc2c1-c1cc(F)cc(F)c1. The van der Waals surface area contributed by atoms with Gasteiger partial charge in [0.25, 0.3) is 0 Å². The maximum absolute atomic E-state index is 13.5. The van der Waals surface area contributed by atoms with Crippen molar-refractivity contribution in [2.45, 2.75) is 0 Å². The van der Waals surface area contributed by atoms with Crippen molar-refractivity contribution in [3.8, 4) is 11.1 Å². The van der Waals surface area contributed by atoms with Gasteiger partial charge < -0.3 is 5.11 Å². The number of carbonyl (C=O) groups is 1. The summed E-state index contributed by atoms with van der Waals surface area (Å²) >= 11 is 0. The molecule has 5 heteroatoms. The van der Waals surface area contributed by atoms with E-state index in [0.29, 0.717) is 11.1 Å². The Balaban J connectivity index is 2.40. The van der Waals surface area contributed by atoms with Crippen LogP contribution in [0.4, 0.5) is 8.78 Å². The van der Waals surface area contributed by atoms with Crippen LogP contribution < -0.4 is 0 Å². The molecule has 1 heterocycles. The molecule has 0 fully saturated rings. The van der Waals surface area contributed by atoms with Crippen LogP contribution in [0.3, 0.4) is 0 Å². The molecule has 0 unspecified atom stereocenters. The molecule has 3 rings (SSSR count). The smallest absolute Gasteiger partial charge is 0.188 e. The summed E-state index contributed by atoms with van der Waals surface area (Å²) in [7, 11) is 0. The van der Waals surface area contributed by atoms with Crippen LogP contribution in [-0.4, -0.2) is 22.5 Å². The number of Topliss-reactive ketones (excluding diaryl/α,β-unsaturated/α-hetero) is 1. The van der Waals surface area contributed by atoms with E-state index in [9.17, 15) is 13.6 Å². The molecular formula is C17H11F2NO2. The van der Waals surface area contributed by atoms with E-state index >= 15 is 0 Å². The molecule has 110 valence electrons. The summed E-state index contributed by atoms with van der Waals surface area (Å²) in [6.45, 7) is -0.691. The lowest BCUT2D eigenvalue weighted by atomic mass is 9.94. The molecule has 0 bridgehead atoms. The number of hydrogen-bond acceptors (Lipinski definition) is 3. The molecule has 3 nitrogen and oxygen atoms in total. The highest BCUT2D eigenvalue weighted by molar-refractivity contribution is 6.09. The standard InChI is InChI=1S/C17H11F2NO2/c18-12-6-11(7-13(19)8-12)16-14(15(22)9-21)4-3-10-2-1-5-20-17(10)16/h1-8,21H,9H2. The summed E-state index contributed by atoms with van der Waals surface area (Å²) in [4.78, 5) is 16.2. The molecule has 3 aromatic rings. The fraction of sp³-hybridized carbons (Fsp3) is 0.0588. The Bertz CT molecular complexity index is 857. The second-order valence-corrected chi connectivity index (χ2v) is 4.80. The van der Waals surface area contributed by atoms with E-state index in [4.69, 9.17) is 5.11 Å². The molecule has 0 aliphatic rings. The Kier molecular flexibility index (Phi) is 3.65. The fourth-order valence-corrected chi connectivity index (χ4v) is 2.45. The Morgan fingerprint density at radius 3 is 2.50 bits per heavy atom. The molecule has 0 radical (unpaired) electrons. The van der Waals surface area contributed by atoms with Crippen LogP contribution in [-0.2, 0) is 0 Å². The summed E-state index contributed by atoms with van der Waals surface area (Å²) < 4.78 is 27.1. The predicted molar refractivity (Wildman–Crippen MR) is 78.5 cm³/mol. The molecule has 22 heavy (non-hydrogen) atoms. The average molecular weight is 299 g/mol. The van der Waals surface area contributed by atoms with Crippen LogP contribution in [0.25, 0.3) is 22.0 Å². The van der Waals surface area contributed by atoms with E-state index in [-0.39, 0.29) is 11.1 Å². The number of ketones is 1. The maximum atomic E-state index is 13.5. The first-order valence-electron chi connectivity index (χ1n) is 6.58. The largest absolute Gasteiger partial charge is 0.388 e. The normalized spacial score (nSPS) is 10.9. The topological polar surface area (TPSA) is 50.2 Å². The first-order valence-corrected chi connectivity index (χ1v) is 6.58. The zero-order valence-corrected chi connectivity index (χ0v) is 11.4. The minimum Gasteiger partial charge on any atom is -0.388 e. The third kappa shape index (κ3) is 2.46. The van der Waals surface area contributed by atoms with Crippen LogP contribution in [0.5, 0.6) is 0 Å². The molecule has 2 aromatic carbocycles. The minimum absolute atomic E-state index is 0.179. The molecule has 0 saturated heterocycles. The second-order valence-electron chi connectivity index (χ2n) is 4.80. The first kappa shape index (κ1) is 14.3. The molecular weight excluding hydrogens is 288 g/mol. The highest BCUT2D eigenvalue weighted by atomic mass is 19.1. The van der Waals surface area contributed by atoms with Crippen LogP contribution in [0.15, 0.2) is 48.7 Å². The van der Waals surface area contributed by atoms with Crippen molar-refractivity contribution in [2.24, 2.45) is 0 Å². The van der Waals surface area contributed by atoms with Crippen LogP contribution in [0, 0.1) is 11.6 Å². The molecule has 0 aliphatic heterocycles. The van der Waals surface area contributed by atoms with Crippen molar-refractivity contribution in [1.82, 2.24) is 4.98 Å². The van der Waals surface area contributed by atoms with Crippen LogP contribution >= 0.6 is 0 Å². The molecule has 0 saturated carbocycles. The number of aliphatic hydroxyl groups excluding tert-OH is 1. The van der Waals surface area contributed by atoms with Crippen molar-refractivity contribution in [3.05, 3.63) is 65.9 Å². The van der Waals surface area contributed by atoms with Crippen molar-refractivity contribution < 1.29 is 18.7 Å². The molecule has 0 spiro atoms. The lowest BCUT2D eigenvalue weighted by Gasteiger charge is -2.11. The molecule has 0 atom stereocenters. The number of nitrogens with zero attached hydrogens (tertiary/aromatic N) is 1. The van der Waals surface area contributed by atoms with Crippen molar-refractivity contribution in [1.29, 1.82) is 0 Å². The van der Waals surface area contributed by atoms with Crippen LogP contribution in [0.2, 0.25) is 0 Å². The van der Waals surface area contributed by atoms with Gasteiger partial charge in [-0.05, 0) is 29.8 Å². The Labute approximate surface area is 124 Å². The van der Waals surface area contributed by atoms with Gasteiger partial charge in [-0.1, -0.05) is 12.1 Å². The number of halogens is 2. The number of fused-ring (bicyclic) bond motifs is 1. The summed E-state index contributed by atoms with van der Waals surface area (Å²) in [6.07, 6.45) is 1.54. The van der Waals surface area contributed by atoms with Gasteiger partial charge in [-0.2, -0.15) is 0 Å². The Morgan fingerprint density at radius 2 is 1.82 bits per heavy atom. The number of hydrogen-bond donors (Lipinski definition) is 1. The third-order valence-electron chi connectivity index (χ3n) is 3.37. The van der Waals surface area contributed by atoms with Gasteiger partial charge in [0.2, 0.25) is 0 Å². The Hall–Kier alpha value is -2.66. The summed E-state index contributed by atoms with van der Waals surface area (Å²) in [5, 5.41) is 9.86. The van der Waals surface area contributed by atoms with Gasteiger partial charge in [0.05, 0.1) is 5.52 Å². The fourth-order valence-electron chi connectivity index (χ4n) is 2.45. The van der Waals surface area contributed by atoms with Gasteiger partial charge in [-0.3, -0.25) is 9.78 Å². The molecule has 1 N–H and O–H groups in total. The monoisotopic (exact) mass is 299 g/mol. The van der Waals surface area contributed by atoms with E-state index in [0.717, 1.165) is 23.6 Å². The van der Waals surface area contributed by atoms with Gasteiger partial charge in [0, 0.05) is 28.8 Å². The van der Waals surface area contributed by atoms with Gasteiger partial charge in [-0.15, -0.1) is 0 Å². The predicted octanol–water partition coefficient (Wildman–Crippen LogP) is 3.36. The molecule has 0 amide bonds. The lowest BCUT2D eigenvalue weighted by molar-refractivity contribution is 0.0904. The number of rotatable bonds is 3. The van der Waals surface area contributed by atoms with E-state index in [1.807, 2.05) is 0 Å². The number of aliphatic hydroxyl groups is 1. The van der Waals surface area contributed by atoms with Gasteiger partial charge in [0.15, 0.2) is 5.78 Å². The molecule has 1 aromatic heterocycles. The minimum atomic E-state index is -0.745. The van der Waals surface area contributed by atoms with E-state index in [1.54, 1.807) is 18.2 Å². The maximum Gasteiger partial charge on any atom is 0.188 e. The van der Waals surface area contributed by atoms with Crippen LogP contribution in [0.1, 0.15) is 10.4 Å². The zero-order valence-electron chi connectivity index (χ0n) is 11.4. The zero-order chi connectivity index (χ0) is 15.7. The highest BCUT2D eigenvalue weighted by Gasteiger charge is 2.17. The van der Waals surface area contributed by atoms with E-state index in [2.05, 4.69) is 4.98 Å². The molecule has 0 aliphatic carbocycles. The van der Waals surface area contributed by atoms with Gasteiger partial charge in [-0.25, -0.2) is 8.78 Å². The Morgan fingerprint density at radius 1 is 1.09 bits per heavy atom. The number of benzene rings is 2. The van der Waals surface area contributed by atoms with Gasteiger partial charge >= 0.3 is 0 Å². The first-order chi connectivity index (χ1) is 10.6.